The number of nitrogens with zero attached hydrogens (tertiary/aromatic N) is 8. The summed E-state index contributed by atoms with van der Waals surface area (Å²) in [6.45, 7) is 1.56. The van der Waals surface area contributed by atoms with E-state index < -0.39 is 23.2 Å². The van der Waals surface area contributed by atoms with Crippen molar-refractivity contribution in [3.05, 3.63) is 65.3 Å². The number of halogens is 4. The fourth-order valence-corrected chi connectivity index (χ4v) is 5.76. The van der Waals surface area contributed by atoms with Crippen molar-refractivity contribution in [3.8, 4) is 23.0 Å². The summed E-state index contributed by atoms with van der Waals surface area (Å²) in [6.07, 6.45) is 1.55. The van der Waals surface area contributed by atoms with E-state index in [1.807, 2.05) is 4.90 Å². The van der Waals surface area contributed by atoms with Crippen LogP contribution in [0.1, 0.15) is 54.2 Å². The molecule has 0 atom stereocenters. The minimum Gasteiger partial charge on any atom is -0.480 e. The number of alkyl halides is 3. The van der Waals surface area contributed by atoms with Gasteiger partial charge in [0, 0.05) is 25.2 Å². The van der Waals surface area contributed by atoms with Crippen LogP contribution in [0.25, 0.3) is 17.1 Å². The molecule has 2 aliphatic carbocycles. The van der Waals surface area contributed by atoms with Crippen LogP contribution in [0.3, 0.4) is 0 Å². The lowest BCUT2D eigenvalue weighted by atomic mass is 10.1. The number of hydrogen-bond donors (Lipinski definition) is 0. The highest BCUT2D eigenvalue weighted by molar-refractivity contribution is 6.09. The van der Waals surface area contributed by atoms with E-state index in [4.69, 9.17) is 9.72 Å². The molecule has 0 bridgehead atoms. The molecule has 0 saturated heterocycles. The number of benzene rings is 1. The molecule has 2 fully saturated rings. The Kier molecular flexibility index (Phi) is 5.98. The Morgan fingerprint density at radius 1 is 1.09 bits per heavy atom. The van der Waals surface area contributed by atoms with Gasteiger partial charge in [0.05, 0.1) is 19.0 Å². The van der Waals surface area contributed by atoms with Crippen LogP contribution in [-0.4, -0.2) is 55.3 Å². The number of amides is 1. The van der Waals surface area contributed by atoms with Crippen molar-refractivity contribution in [1.82, 2.24) is 29.7 Å². The summed E-state index contributed by atoms with van der Waals surface area (Å²) in [5.41, 5.74) is 0.500. The molecule has 222 valence electrons. The molecule has 0 unspecified atom stereocenters. The van der Waals surface area contributed by atoms with Gasteiger partial charge in [-0.05, 0) is 56.4 Å². The maximum absolute atomic E-state index is 15.4. The molecule has 0 N–H and O–H groups in total. The molecule has 14 heteroatoms. The number of hydrogen-bond acceptors (Lipinski definition) is 8. The molecule has 4 heterocycles. The third-order valence-electron chi connectivity index (χ3n) is 8.29. The minimum absolute atomic E-state index is 0.110. The molecule has 3 aliphatic rings. The topological polar surface area (TPSA) is 102 Å². The van der Waals surface area contributed by atoms with Crippen molar-refractivity contribution >= 4 is 17.4 Å². The molecule has 1 amide bonds. The number of likely N-dealkylation sites (N-methyl/N-ethyl adjacent to an activating group) is 1. The number of anilines is 2. The summed E-state index contributed by atoms with van der Waals surface area (Å²) < 4.78 is 61.5. The van der Waals surface area contributed by atoms with Gasteiger partial charge in [0.1, 0.15) is 34.6 Å². The van der Waals surface area contributed by atoms with E-state index in [2.05, 4.69) is 20.1 Å². The van der Waals surface area contributed by atoms with Crippen LogP contribution in [0.4, 0.5) is 29.1 Å². The number of aromatic nitrogens is 6. The van der Waals surface area contributed by atoms with Gasteiger partial charge >= 0.3 is 6.18 Å². The van der Waals surface area contributed by atoms with E-state index in [1.165, 1.54) is 32.5 Å². The second kappa shape index (κ2) is 9.44. The van der Waals surface area contributed by atoms with Crippen LogP contribution in [0, 0.1) is 12.7 Å². The molecule has 2 saturated carbocycles. The molecule has 1 aromatic carbocycles. The largest absolute Gasteiger partial charge is 0.480 e. The summed E-state index contributed by atoms with van der Waals surface area (Å²) in [5, 5.41) is 3.57. The quantitative estimate of drug-likeness (QED) is 0.288. The Bertz CT molecular complexity index is 1780. The van der Waals surface area contributed by atoms with Crippen LogP contribution in [0.15, 0.2) is 36.8 Å². The summed E-state index contributed by atoms with van der Waals surface area (Å²) in [5.74, 6) is 0.613. The molecule has 10 nitrogen and oxygen atoms in total. The molecule has 4 aromatic rings. The van der Waals surface area contributed by atoms with Gasteiger partial charge in [-0.25, -0.2) is 29.0 Å². The first-order valence-corrected chi connectivity index (χ1v) is 13.8. The van der Waals surface area contributed by atoms with E-state index in [0.717, 1.165) is 29.3 Å². The highest BCUT2D eigenvalue weighted by atomic mass is 19.4. The van der Waals surface area contributed by atoms with Gasteiger partial charge in [0.2, 0.25) is 5.88 Å². The maximum atomic E-state index is 15.4. The number of carbonyl (C=O) groups excluding carboxylic acids is 1. The number of ether oxygens (including phenoxy) is 1. The summed E-state index contributed by atoms with van der Waals surface area (Å²) in [4.78, 5) is 35.2. The number of methoxy groups -OCH3 is 1. The predicted molar refractivity (Wildman–Crippen MR) is 146 cm³/mol. The molecular weight excluding hydrogens is 568 g/mol. The van der Waals surface area contributed by atoms with Crippen molar-refractivity contribution in [3.63, 3.8) is 0 Å². The lowest BCUT2D eigenvalue weighted by molar-refractivity contribution is -0.141. The van der Waals surface area contributed by atoms with Gasteiger partial charge in [-0.15, -0.1) is 0 Å². The Labute approximate surface area is 243 Å². The SMILES string of the molecule is COc1ncnc(C2CC2)c1-c1ncc2c(n1)N(Cc1ccc(-n3nc(C(F)(F)F)cc3C)c(F)c1)C1(CC1)C(=O)N2C. The Morgan fingerprint density at radius 3 is 2.49 bits per heavy atom. The number of fused-ring (bicyclic) bond motifs is 1. The minimum atomic E-state index is -4.65. The zero-order valence-electron chi connectivity index (χ0n) is 23.5. The van der Waals surface area contributed by atoms with Crippen LogP contribution >= 0.6 is 0 Å². The molecule has 1 spiro atoms. The van der Waals surface area contributed by atoms with Crippen molar-refractivity contribution in [2.75, 3.05) is 24.0 Å². The van der Waals surface area contributed by atoms with E-state index in [0.29, 0.717) is 47.2 Å². The van der Waals surface area contributed by atoms with Gasteiger partial charge in [-0.3, -0.25) is 4.79 Å². The van der Waals surface area contributed by atoms with Gasteiger partial charge in [0.25, 0.3) is 5.91 Å². The average Bonchev–Trinajstić information content (AvgIpc) is 3.92. The monoisotopic (exact) mass is 594 g/mol. The van der Waals surface area contributed by atoms with Crippen molar-refractivity contribution in [2.24, 2.45) is 0 Å². The number of carbonyl (C=O) groups is 1. The van der Waals surface area contributed by atoms with Gasteiger partial charge in [-0.2, -0.15) is 18.3 Å². The standard InChI is InChI=1S/C29H26F4N8O2/c1-15-10-21(29(31,32)33)38-41(15)19-7-4-16(11-18(19)30)13-40-25-20(39(2)27(42)28(40)8-9-28)12-34-24(37-25)22-23(17-5-6-17)35-14-36-26(22)43-3/h4,7,10-12,14,17H,5-6,8-9,13H2,1-3H3. The summed E-state index contributed by atoms with van der Waals surface area (Å²) in [7, 11) is 3.20. The van der Waals surface area contributed by atoms with Crippen LogP contribution < -0.4 is 14.5 Å². The number of aryl methyl sites for hydroxylation is 1. The fourth-order valence-electron chi connectivity index (χ4n) is 5.76. The first-order valence-electron chi connectivity index (χ1n) is 13.8. The van der Waals surface area contributed by atoms with Crippen LogP contribution in [-0.2, 0) is 17.5 Å². The van der Waals surface area contributed by atoms with E-state index in [1.54, 1.807) is 24.2 Å². The van der Waals surface area contributed by atoms with Gasteiger partial charge < -0.3 is 14.5 Å². The maximum Gasteiger partial charge on any atom is 0.435 e. The van der Waals surface area contributed by atoms with Crippen LogP contribution in [0.5, 0.6) is 5.88 Å². The smallest absolute Gasteiger partial charge is 0.435 e. The van der Waals surface area contributed by atoms with Gasteiger partial charge in [-0.1, -0.05) is 6.07 Å². The molecular formula is C29H26F4N8O2. The third-order valence-corrected chi connectivity index (χ3v) is 8.29. The van der Waals surface area contributed by atoms with Gasteiger partial charge in [0.15, 0.2) is 17.3 Å². The molecule has 1 aliphatic heterocycles. The molecule has 7 rings (SSSR count). The molecule has 0 radical (unpaired) electrons. The predicted octanol–water partition coefficient (Wildman–Crippen LogP) is 4.99. The third kappa shape index (κ3) is 4.38. The van der Waals surface area contributed by atoms with Crippen LogP contribution in [0.2, 0.25) is 0 Å². The number of rotatable bonds is 6. The Balaban J connectivity index is 1.29. The first-order chi connectivity index (χ1) is 20.5. The second-order valence-electron chi connectivity index (χ2n) is 11.2. The second-order valence-corrected chi connectivity index (χ2v) is 11.2. The summed E-state index contributed by atoms with van der Waals surface area (Å²) >= 11 is 0. The molecule has 3 aromatic heterocycles. The normalized spacial score (nSPS) is 17.4. The van der Waals surface area contributed by atoms with E-state index in [9.17, 15) is 18.0 Å². The van der Waals surface area contributed by atoms with Crippen molar-refractivity contribution in [2.45, 2.75) is 56.8 Å². The Hall–Kier alpha value is -4.62. The van der Waals surface area contributed by atoms with E-state index in [-0.39, 0.29) is 29.8 Å². The zero-order chi connectivity index (χ0) is 30.3. The highest BCUT2D eigenvalue weighted by Crippen LogP contribution is 2.52. The van der Waals surface area contributed by atoms with E-state index >= 15 is 4.39 Å². The van der Waals surface area contributed by atoms with Crippen molar-refractivity contribution in [1.29, 1.82) is 0 Å². The zero-order valence-corrected chi connectivity index (χ0v) is 23.5. The lowest BCUT2D eigenvalue weighted by Gasteiger charge is -2.41. The lowest BCUT2D eigenvalue weighted by Crippen LogP contribution is -2.54. The molecule has 43 heavy (non-hydrogen) atoms. The fraction of sp³-hybridized carbons (Fsp3) is 0.379. The highest BCUT2D eigenvalue weighted by Gasteiger charge is 2.59. The Morgan fingerprint density at radius 2 is 1.86 bits per heavy atom. The first kappa shape index (κ1) is 27.2. The van der Waals surface area contributed by atoms with Crippen molar-refractivity contribution < 1.29 is 27.1 Å². The summed E-state index contributed by atoms with van der Waals surface area (Å²) in [6, 6.07) is 5.13. The average molecular weight is 595 g/mol.